The Balaban J connectivity index is 1.32. The predicted molar refractivity (Wildman–Crippen MR) is 108 cm³/mol. The van der Waals surface area contributed by atoms with E-state index in [-0.39, 0.29) is 6.03 Å². The molecule has 2 aliphatic rings. The van der Waals surface area contributed by atoms with Crippen molar-refractivity contribution in [3.05, 3.63) is 65.7 Å². The molecule has 0 bridgehead atoms. The summed E-state index contributed by atoms with van der Waals surface area (Å²) in [5.41, 5.74) is 4.50. The third-order valence-corrected chi connectivity index (χ3v) is 5.31. The fourth-order valence-electron chi connectivity index (χ4n) is 3.75. The van der Waals surface area contributed by atoms with Gasteiger partial charge in [-0.25, -0.2) is 9.78 Å². The Bertz CT molecular complexity index is 1010. The minimum atomic E-state index is -0.136. The van der Waals surface area contributed by atoms with Crippen molar-refractivity contribution in [2.45, 2.75) is 37.8 Å². The second kappa shape index (κ2) is 6.58. The summed E-state index contributed by atoms with van der Waals surface area (Å²) in [6, 6.07) is 19.0. The first-order chi connectivity index (χ1) is 13.2. The molecule has 0 spiro atoms. The SMILES string of the molecule is O=C(Nc1ccc2nc(N[C@@H]3CCc4ccccc43)ccc2c1)NC1CC1. The second-order valence-electron chi connectivity index (χ2n) is 7.41. The Morgan fingerprint density at radius 3 is 2.78 bits per heavy atom. The molecule has 1 saturated carbocycles. The molecule has 2 aliphatic carbocycles. The molecule has 1 heterocycles. The van der Waals surface area contributed by atoms with Gasteiger partial charge in [0.05, 0.1) is 11.6 Å². The van der Waals surface area contributed by atoms with Crippen LogP contribution in [0.25, 0.3) is 10.9 Å². The van der Waals surface area contributed by atoms with Gasteiger partial charge < -0.3 is 16.0 Å². The molecular weight excluding hydrogens is 336 g/mol. The number of benzene rings is 2. The summed E-state index contributed by atoms with van der Waals surface area (Å²) < 4.78 is 0. The smallest absolute Gasteiger partial charge is 0.319 e. The van der Waals surface area contributed by atoms with E-state index < -0.39 is 0 Å². The first-order valence-corrected chi connectivity index (χ1v) is 9.57. The van der Waals surface area contributed by atoms with Crippen molar-refractivity contribution in [3.63, 3.8) is 0 Å². The van der Waals surface area contributed by atoms with E-state index in [0.717, 1.165) is 48.1 Å². The van der Waals surface area contributed by atoms with E-state index in [1.165, 1.54) is 11.1 Å². The average Bonchev–Trinajstić information content (AvgIpc) is 3.40. The highest BCUT2D eigenvalue weighted by atomic mass is 16.2. The number of amides is 2. The number of aromatic nitrogens is 1. The number of fused-ring (bicyclic) bond motifs is 2. The van der Waals surface area contributed by atoms with Crippen molar-refractivity contribution in [2.24, 2.45) is 0 Å². The van der Waals surface area contributed by atoms with E-state index >= 15 is 0 Å². The number of nitrogens with zero attached hydrogens (tertiary/aromatic N) is 1. The Morgan fingerprint density at radius 1 is 1.00 bits per heavy atom. The zero-order valence-corrected chi connectivity index (χ0v) is 15.0. The zero-order valence-electron chi connectivity index (χ0n) is 15.0. The van der Waals surface area contributed by atoms with Crippen LogP contribution in [-0.2, 0) is 6.42 Å². The monoisotopic (exact) mass is 358 g/mol. The van der Waals surface area contributed by atoms with E-state index in [9.17, 15) is 4.79 Å². The highest BCUT2D eigenvalue weighted by molar-refractivity contribution is 5.93. The lowest BCUT2D eigenvalue weighted by Crippen LogP contribution is -2.30. The maximum absolute atomic E-state index is 11.9. The van der Waals surface area contributed by atoms with Gasteiger partial charge in [-0.2, -0.15) is 0 Å². The van der Waals surface area contributed by atoms with Crippen LogP contribution in [0.3, 0.4) is 0 Å². The molecule has 3 N–H and O–H groups in total. The molecular formula is C22H22N4O. The van der Waals surface area contributed by atoms with Crippen LogP contribution in [0.2, 0.25) is 0 Å². The molecule has 0 unspecified atom stereocenters. The number of rotatable bonds is 4. The van der Waals surface area contributed by atoms with Gasteiger partial charge in [-0.1, -0.05) is 24.3 Å². The summed E-state index contributed by atoms with van der Waals surface area (Å²) in [5, 5.41) is 10.4. The number of aryl methyl sites for hydroxylation is 1. The quantitative estimate of drug-likeness (QED) is 0.638. The number of urea groups is 1. The van der Waals surface area contributed by atoms with Crippen LogP contribution in [0.1, 0.15) is 36.4 Å². The van der Waals surface area contributed by atoms with Crippen molar-refractivity contribution in [2.75, 3.05) is 10.6 Å². The molecule has 27 heavy (non-hydrogen) atoms. The van der Waals surface area contributed by atoms with Crippen LogP contribution < -0.4 is 16.0 Å². The van der Waals surface area contributed by atoms with E-state index in [1.54, 1.807) is 0 Å². The van der Waals surface area contributed by atoms with Crippen LogP contribution in [-0.4, -0.2) is 17.1 Å². The van der Waals surface area contributed by atoms with Crippen molar-refractivity contribution in [1.29, 1.82) is 0 Å². The largest absolute Gasteiger partial charge is 0.363 e. The normalized spacial score (nSPS) is 18.1. The van der Waals surface area contributed by atoms with Gasteiger partial charge in [-0.3, -0.25) is 0 Å². The van der Waals surface area contributed by atoms with Gasteiger partial charge in [-0.05, 0) is 67.1 Å². The minimum absolute atomic E-state index is 0.136. The third kappa shape index (κ3) is 3.45. The van der Waals surface area contributed by atoms with Crippen molar-refractivity contribution in [3.8, 4) is 0 Å². The number of carbonyl (C=O) groups is 1. The van der Waals surface area contributed by atoms with E-state index in [0.29, 0.717) is 12.1 Å². The van der Waals surface area contributed by atoms with Gasteiger partial charge in [0.2, 0.25) is 0 Å². The number of carbonyl (C=O) groups excluding carboxylic acids is 1. The molecule has 2 aromatic carbocycles. The Labute approximate surface area is 158 Å². The van der Waals surface area contributed by atoms with Gasteiger partial charge in [-0.15, -0.1) is 0 Å². The molecule has 136 valence electrons. The second-order valence-corrected chi connectivity index (χ2v) is 7.41. The molecule has 0 aliphatic heterocycles. The molecule has 5 nitrogen and oxygen atoms in total. The first kappa shape index (κ1) is 16.1. The van der Waals surface area contributed by atoms with E-state index in [2.05, 4.69) is 46.3 Å². The number of hydrogen-bond donors (Lipinski definition) is 3. The van der Waals surface area contributed by atoms with E-state index in [4.69, 9.17) is 4.98 Å². The lowest BCUT2D eigenvalue weighted by atomic mass is 10.1. The number of anilines is 2. The summed E-state index contributed by atoms with van der Waals surface area (Å²) in [7, 11) is 0. The maximum Gasteiger partial charge on any atom is 0.319 e. The summed E-state index contributed by atoms with van der Waals surface area (Å²) in [6.07, 6.45) is 4.37. The predicted octanol–water partition coefficient (Wildman–Crippen LogP) is 4.62. The highest BCUT2D eigenvalue weighted by Crippen LogP contribution is 2.33. The number of pyridine rings is 1. The minimum Gasteiger partial charge on any atom is -0.363 e. The Kier molecular flexibility index (Phi) is 3.93. The van der Waals surface area contributed by atoms with Crippen molar-refractivity contribution < 1.29 is 4.79 Å². The maximum atomic E-state index is 11.9. The fourth-order valence-corrected chi connectivity index (χ4v) is 3.75. The molecule has 0 saturated heterocycles. The van der Waals surface area contributed by atoms with Gasteiger partial charge >= 0.3 is 6.03 Å². The van der Waals surface area contributed by atoms with Gasteiger partial charge in [0, 0.05) is 17.1 Å². The molecule has 3 aromatic rings. The van der Waals surface area contributed by atoms with Crippen LogP contribution >= 0.6 is 0 Å². The standard InChI is InChI=1S/C22H22N4O/c27-22(23-16-7-8-16)24-17-9-11-19-15(13-17)6-12-21(25-19)26-20-10-5-14-3-1-2-4-18(14)20/h1-4,6,9,11-13,16,20H,5,7-8,10H2,(H,25,26)(H2,23,24,27)/t20-/m1/s1. The zero-order chi connectivity index (χ0) is 18.2. The summed E-state index contributed by atoms with van der Waals surface area (Å²) >= 11 is 0. The molecule has 1 atom stereocenters. The summed E-state index contributed by atoms with van der Waals surface area (Å²) in [6.45, 7) is 0. The van der Waals surface area contributed by atoms with E-state index in [1.807, 2.05) is 24.3 Å². The van der Waals surface area contributed by atoms with Crippen molar-refractivity contribution in [1.82, 2.24) is 10.3 Å². The Morgan fingerprint density at radius 2 is 1.89 bits per heavy atom. The third-order valence-electron chi connectivity index (χ3n) is 5.31. The lowest BCUT2D eigenvalue weighted by Gasteiger charge is -2.15. The van der Waals surface area contributed by atoms with Crippen LogP contribution in [0, 0.1) is 0 Å². The topological polar surface area (TPSA) is 66.0 Å². The average molecular weight is 358 g/mol. The summed E-state index contributed by atoms with van der Waals surface area (Å²) in [5.74, 6) is 0.886. The van der Waals surface area contributed by atoms with Gasteiger partial charge in [0.25, 0.3) is 0 Å². The fraction of sp³-hybridized carbons (Fsp3) is 0.273. The molecule has 0 radical (unpaired) electrons. The molecule has 2 amide bonds. The Hall–Kier alpha value is -3.08. The number of nitrogens with one attached hydrogen (secondary N) is 3. The van der Waals surface area contributed by atoms with Gasteiger partial charge in [0.1, 0.15) is 5.82 Å². The summed E-state index contributed by atoms with van der Waals surface area (Å²) in [4.78, 5) is 16.7. The van der Waals surface area contributed by atoms with Gasteiger partial charge in [0.15, 0.2) is 0 Å². The molecule has 5 heteroatoms. The molecule has 1 fully saturated rings. The number of hydrogen-bond acceptors (Lipinski definition) is 3. The lowest BCUT2D eigenvalue weighted by molar-refractivity contribution is 0.251. The van der Waals surface area contributed by atoms with Crippen LogP contribution in [0.15, 0.2) is 54.6 Å². The van der Waals surface area contributed by atoms with Crippen LogP contribution in [0.4, 0.5) is 16.3 Å². The molecule has 1 aromatic heterocycles. The first-order valence-electron chi connectivity index (χ1n) is 9.57. The van der Waals surface area contributed by atoms with Crippen LogP contribution in [0.5, 0.6) is 0 Å². The molecule has 5 rings (SSSR count). The highest BCUT2D eigenvalue weighted by Gasteiger charge is 2.23. The van der Waals surface area contributed by atoms with Crippen molar-refractivity contribution >= 4 is 28.4 Å².